The molecule has 4 rings (SSSR count). The second kappa shape index (κ2) is 6.97. The lowest BCUT2D eigenvalue weighted by atomic mass is 10.2. The minimum Gasteiger partial charge on any atom is -0.494 e. The molecule has 0 bridgehead atoms. The number of aliphatic imine (C=N–C) groups is 1. The number of rotatable bonds is 5. The van der Waals surface area contributed by atoms with Crippen molar-refractivity contribution in [1.29, 1.82) is 0 Å². The molecule has 0 unspecified atom stereocenters. The highest BCUT2D eigenvalue weighted by molar-refractivity contribution is 7.86. The van der Waals surface area contributed by atoms with Crippen molar-refractivity contribution in [2.45, 2.75) is 13.8 Å². The third-order valence-corrected chi connectivity index (χ3v) is 5.07. The number of aromatic nitrogens is 2. The number of nitrogens with one attached hydrogen (secondary N) is 2. The Balaban J connectivity index is 1.86. The Morgan fingerprint density at radius 3 is 2.55 bits per heavy atom. The average molecular weight is 411 g/mol. The minimum absolute atomic E-state index is 0.224. The van der Waals surface area contributed by atoms with E-state index in [-0.39, 0.29) is 5.75 Å². The molecule has 0 saturated heterocycles. The van der Waals surface area contributed by atoms with E-state index in [1.165, 1.54) is 0 Å². The molecule has 3 heterocycles. The van der Waals surface area contributed by atoms with E-state index < -0.39 is 10.1 Å². The molecule has 0 fully saturated rings. The molecule has 1 aliphatic rings. The third-order valence-electron chi connectivity index (χ3n) is 4.60. The van der Waals surface area contributed by atoms with Crippen molar-refractivity contribution in [3.8, 4) is 5.75 Å². The lowest BCUT2D eigenvalue weighted by molar-refractivity contribution is 0.303. The molecule has 8 heteroatoms. The van der Waals surface area contributed by atoms with Gasteiger partial charge in [-0.15, -0.1) is 0 Å². The number of ether oxygens (including phenoxy) is 1. The molecule has 0 amide bonds. The number of hydrogen-bond acceptors (Lipinski definition) is 5. The number of H-pyrrole nitrogens is 2. The van der Waals surface area contributed by atoms with Gasteiger partial charge in [-0.2, -0.15) is 8.42 Å². The summed E-state index contributed by atoms with van der Waals surface area (Å²) in [6, 6.07) is 9.39. The van der Waals surface area contributed by atoms with Gasteiger partial charge in [-0.1, -0.05) is 12.1 Å². The van der Waals surface area contributed by atoms with Crippen LogP contribution in [0.5, 0.6) is 5.75 Å². The summed E-state index contributed by atoms with van der Waals surface area (Å²) in [7, 11) is -2.15. The van der Waals surface area contributed by atoms with Crippen molar-refractivity contribution in [2.24, 2.45) is 4.99 Å². The molecule has 2 N–H and O–H groups in total. The first kappa shape index (κ1) is 19.1. The molecule has 0 aliphatic carbocycles. The SMILES string of the molecule is COC1=CC(c2[nH]c3ccccc3c2OS(C)(=O)=O)=N/C1=C\c1[nH]c(C)cc1C. The summed E-state index contributed by atoms with van der Waals surface area (Å²) in [6.45, 7) is 4.01. The van der Waals surface area contributed by atoms with Crippen LogP contribution in [0.25, 0.3) is 17.0 Å². The molecular weight excluding hydrogens is 390 g/mol. The van der Waals surface area contributed by atoms with Gasteiger partial charge in [-0.25, -0.2) is 4.99 Å². The van der Waals surface area contributed by atoms with Gasteiger partial charge >= 0.3 is 10.1 Å². The van der Waals surface area contributed by atoms with E-state index in [1.54, 1.807) is 19.3 Å². The minimum atomic E-state index is -3.72. The van der Waals surface area contributed by atoms with E-state index in [1.807, 2.05) is 38.1 Å². The molecule has 0 saturated carbocycles. The number of fused-ring (bicyclic) bond motifs is 1. The van der Waals surface area contributed by atoms with Crippen LogP contribution in [-0.4, -0.2) is 37.5 Å². The second-order valence-corrected chi connectivity index (χ2v) is 8.53. The first-order chi connectivity index (χ1) is 13.7. The molecule has 0 atom stereocenters. The van der Waals surface area contributed by atoms with Crippen LogP contribution in [0.2, 0.25) is 0 Å². The number of methoxy groups -OCH3 is 1. The van der Waals surface area contributed by atoms with Crippen molar-refractivity contribution in [3.63, 3.8) is 0 Å². The third kappa shape index (κ3) is 3.71. The molecule has 3 aromatic rings. The van der Waals surface area contributed by atoms with Crippen molar-refractivity contribution < 1.29 is 17.3 Å². The molecule has 29 heavy (non-hydrogen) atoms. The number of hydrogen-bond donors (Lipinski definition) is 2. The Morgan fingerprint density at radius 1 is 1.14 bits per heavy atom. The topological polar surface area (TPSA) is 96.5 Å². The molecule has 1 aromatic carbocycles. The van der Waals surface area contributed by atoms with Gasteiger partial charge in [0.05, 0.1) is 19.1 Å². The van der Waals surface area contributed by atoms with Gasteiger partial charge in [0, 0.05) is 28.4 Å². The molecule has 1 aliphatic heterocycles. The zero-order valence-corrected chi connectivity index (χ0v) is 17.3. The number of allylic oxidation sites excluding steroid dienone is 1. The Hall–Kier alpha value is -3.26. The number of aryl methyl sites for hydroxylation is 2. The Morgan fingerprint density at radius 2 is 1.90 bits per heavy atom. The first-order valence-corrected chi connectivity index (χ1v) is 10.8. The molecule has 7 nitrogen and oxygen atoms in total. The van der Waals surface area contributed by atoms with Crippen LogP contribution in [-0.2, 0) is 14.9 Å². The maximum Gasteiger partial charge on any atom is 0.306 e. The highest BCUT2D eigenvalue weighted by atomic mass is 32.2. The lowest BCUT2D eigenvalue weighted by Gasteiger charge is -2.04. The average Bonchev–Trinajstić information content (AvgIpc) is 3.30. The Kier molecular flexibility index (Phi) is 4.58. The summed E-state index contributed by atoms with van der Waals surface area (Å²) >= 11 is 0. The summed E-state index contributed by atoms with van der Waals surface area (Å²) in [5.74, 6) is 0.803. The van der Waals surface area contributed by atoms with Crippen LogP contribution in [0.3, 0.4) is 0 Å². The zero-order valence-electron chi connectivity index (χ0n) is 16.5. The van der Waals surface area contributed by atoms with E-state index >= 15 is 0 Å². The lowest BCUT2D eigenvalue weighted by Crippen LogP contribution is -2.08. The molecule has 2 aromatic heterocycles. The van der Waals surface area contributed by atoms with Gasteiger partial charge < -0.3 is 18.9 Å². The van der Waals surface area contributed by atoms with Crippen LogP contribution in [0, 0.1) is 13.8 Å². The Labute approximate surface area is 168 Å². The van der Waals surface area contributed by atoms with E-state index in [4.69, 9.17) is 8.92 Å². The normalized spacial score (nSPS) is 15.7. The fraction of sp³-hybridized carbons (Fsp3) is 0.190. The van der Waals surface area contributed by atoms with Crippen LogP contribution in [0.1, 0.15) is 22.6 Å². The monoisotopic (exact) mass is 411 g/mol. The summed E-state index contributed by atoms with van der Waals surface area (Å²) in [6.07, 6.45) is 4.69. The summed E-state index contributed by atoms with van der Waals surface area (Å²) < 4.78 is 34.5. The Bertz CT molecular complexity index is 1310. The molecule has 0 radical (unpaired) electrons. The number of para-hydroxylation sites is 1. The number of benzene rings is 1. The summed E-state index contributed by atoms with van der Waals surface area (Å²) in [4.78, 5) is 11.2. The number of nitrogens with zero attached hydrogens (tertiary/aromatic N) is 1. The van der Waals surface area contributed by atoms with E-state index in [0.29, 0.717) is 28.2 Å². The van der Waals surface area contributed by atoms with Gasteiger partial charge in [-0.3, -0.25) is 0 Å². The van der Waals surface area contributed by atoms with Gasteiger partial charge in [0.25, 0.3) is 0 Å². The zero-order chi connectivity index (χ0) is 20.8. The molecule has 0 spiro atoms. The summed E-state index contributed by atoms with van der Waals surface area (Å²) in [5.41, 5.74) is 5.49. The maximum atomic E-state index is 11.8. The van der Waals surface area contributed by atoms with Gasteiger partial charge in [0.2, 0.25) is 0 Å². The maximum absolute atomic E-state index is 11.8. The van der Waals surface area contributed by atoms with Crippen molar-refractivity contribution in [2.75, 3.05) is 13.4 Å². The fourth-order valence-electron chi connectivity index (χ4n) is 3.38. The quantitative estimate of drug-likeness (QED) is 0.624. The fourth-order valence-corrected chi connectivity index (χ4v) is 3.86. The standard InChI is InChI=1S/C21H21N3O4S/c1-12-9-13(2)22-16(12)10-17-19(27-3)11-18(23-17)20-21(28-29(4,25)26)14-7-5-6-8-15(14)24-20/h5-11,22,24H,1-4H3/b17-10-. The van der Waals surface area contributed by atoms with E-state index in [0.717, 1.165) is 28.7 Å². The molecule has 150 valence electrons. The van der Waals surface area contributed by atoms with Crippen LogP contribution in [0.15, 0.2) is 52.9 Å². The second-order valence-electron chi connectivity index (χ2n) is 6.95. The van der Waals surface area contributed by atoms with Gasteiger partial charge in [0.1, 0.15) is 17.2 Å². The highest BCUT2D eigenvalue weighted by Crippen LogP contribution is 2.35. The predicted octanol–water partition coefficient (Wildman–Crippen LogP) is 3.83. The van der Waals surface area contributed by atoms with Crippen molar-refractivity contribution >= 4 is 32.8 Å². The van der Waals surface area contributed by atoms with Gasteiger partial charge in [0.15, 0.2) is 5.75 Å². The van der Waals surface area contributed by atoms with Crippen LogP contribution in [0.4, 0.5) is 0 Å². The van der Waals surface area contributed by atoms with E-state index in [9.17, 15) is 8.42 Å². The van der Waals surface area contributed by atoms with Crippen LogP contribution < -0.4 is 4.18 Å². The largest absolute Gasteiger partial charge is 0.494 e. The predicted molar refractivity (Wildman–Crippen MR) is 114 cm³/mol. The van der Waals surface area contributed by atoms with Crippen LogP contribution >= 0.6 is 0 Å². The summed E-state index contributed by atoms with van der Waals surface area (Å²) in [5, 5.41) is 0.663. The molecular formula is C21H21N3O4S. The number of aromatic amines is 2. The first-order valence-electron chi connectivity index (χ1n) is 8.98. The smallest absolute Gasteiger partial charge is 0.306 e. The van der Waals surface area contributed by atoms with Gasteiger partial charge in [-0.05, 0) is 43.7 Å². The van der Waals surface area contributed by atoms with Crippen molar-refractivity contribution in [3.05, 3.63) is 70.5 Å². The van der Waals surface area contributed by atoms with E-state index in [2.05, 4.69) is 21.0 Å². The van der Waals surface area contributed by atoms with Crippen molar-refractivity contribution in [1.82, 2.24) is 9.97 Å². The highest BCUT2D eigenvalue weighted by Gasteiger charge is 2.25.